The molecule has 2 amide bonds. The van der Waals surface area contributed by atoms with Gasteiger partial charge in [0.15, 0.2) is 5.82 Å². The van der Waals surface area contributed by atoms with Crippen LogP contribution >= 0.6 is 0 Å². The van der Waals surface area contributed by atoms with E-state index in [0.29, 0.717) is 5.92 Å². The number of aromatic amines is 1. The fourth-order valence-electron chi connectivity index (χ4n) is 1.90. The number of nitrogens with zero attached hydrogens (tertiary/aromatic N) is 2. The number of carbonyl (C=O) groups is 2. The van der Waals surface area contributed by atoms with Crippen molar-refractivity contribution >= 4 is 17.8 Å². The highest BCUT2D eigenvalue weighted by Crippen LogP contribution is 2.17. The maximum absolute atomic E-state index is 11.9. The van der Waals surface area contributed by atoms with Crippen LogP contribution in [0.2, 0.25) is 0 Å². The van der Waals surface area contributed by atoms with Crippen LogP contribution in [0.1, 0.15) is 30.3 Å². The van der Waals surface area contributed by atoms with Crippen LogP contribution in [-0.2, 0) is 0 Å². The summed E-state index contributed by atoms with van der Waals surface area (Å²) in [6.45, 7) is 3.62. The van der Waals surface area contributed by atoms with Gasteiger partial charge in [-0.25, -0.2) is 9.59 Å². The largest absolute Gasteiger partial charge is 0.477 e. The molecule has 1 aliphatic heterocycles. The SMILES string of the molecule is CC1CCN(C(=O)Nc2cc(C(=O)O)[nH]n2)CC1. The van der Waals surface area contributed by atoms with Crippen LogP contribution in [-0.4, -0.2) is 45.3 Å². The van der Waals surface area contributed by atoms with Crippen molar-refractivity contribution in [3.63, 3.8) is 0 Å². The predicted octanol–water partition coefficient (Wildman–Crippen LogP) is 1.37. The quantitative estimate of drug-likeness (QED) is 0.740. The summed E-state index contributed by atoms with van der Waals surface area (Å²) in [4.78, 5) is 24.2. The molecule has 0 radical (unpaired) electrons. The molecule has 1 aromatic heterocycles. The standard InChI is InChI=1S/C11H16N4O3/c1-7-2-4-15(5-3-7)11(18)12-9-6-8(10(16)17)13-14-9/h6-7H,2-5H2,1H3,(H,16,17)(H2,12,13,14,18). The summed E-state index contributed by atoms with van der Waals surface area (Å²) in [5.41, 5.74) is -0.0439. The molecule has 7 nitrogen and oxygen atoms in total. The average molecular weight is 252 g/mol. The van der Waals surface area contributed by atoms with Gasteiger partial charge in [0.25, 0.3) is 0 Å². The van der Waals surface area contributed by atoms with E-state index in [1.165, 1.54) is 6.07 Å². The summed E-state index contributed by atoms with van der Waals surface area (Å²) < 4.78 is 0. The molecular formula is C11H16N4O3. The Hall–Kier alpha value is -2.05. The Balaban J connectivity index is 1.92. The summed E-state index contributed by atoms with van der Waals surface area (Å²) in [6.07, 6.45) is 1.99. The Morgan fingerprint density at radius 1 is 1.50 bits per heavy atom. The highest BCUT2D eigenvalue weighted by molar-refractivity contribution is 5.91. The number of urea groups is 1. The first-order valence-corrected chi connectivity index (χ1v) is 5.91. The number of carbonyl (C=O) groups excluding carboxylic acids is 1. The lowest BCUT2D eigenvalue weighted by molar-refractivity contribution is 0.0690. The van der Waals surface area contributed by atoms with Crippen molar-refractivity contribution < 1.29 is 14.7 Å². The molecule has 1 aromatic rings. The van der Waals surface area contributed by atoms with E-state index >= 15 is 0 Å². The number of likely N-dealkylation sites (tertiary alicyclic amines) is 1. The molecule has 0 spiro atoms. The molecule has 2 heterocycles. The molecule has 1 aliphatic rings. The van der Waals surface area contributed by atoms with Gasteiger partial charge in [0.1, 0.15) is 5.69 Å². The predicted molar refractivity (Wildman–Crippen MR) is 64.5 cm³/mol. The first kappa shape index (κ1) is 12.4. The van der Waals surface area contributed by atoms with Gasteiger partial charge in [-0.05, 0) is 18.8 Å². The second kappa shape index (κ2) is 5.07. The van der Waals surface area contributed by atoms with Crippen LogP contribution in [0.3, 0.4) is 0 Å². The van der Waals surface area contributed by atoms with E-state index < -0.39 is 5.97 Å². The maximum atomic E-state index is 11.9. The number of hydrogen-bond donors (Lipinski definition) is 3. The number of H-pyrrole nitrogens is 1. The van der Waals surface area contributed by atoms with Crippen LogP contribution in [0.15, 0.2) is 6.07 Å². The monoisotopic (exact) mass is 252 g/mol. The third kappa shape index (κ3) is 2.79. The van der Waals surface area contributed by atoms with Crippen LogP contribution in [0.4, 0.5) is 10.6 Å². The van der Waals surface area contributed by atoms with Crippen molar-refractivity contribution in [3.05, 3.63) is 11.8 Å². The zero-order valence-electron chi connectivity index (χ0n) is 10.1. The number of anilines is 1. The molecule has 3 N–H and O–H groups in total. The van der Waals surface area contributed by atoms with Gasteiger partial charge in [0.2, 0.25) is 0 Å². The van der Waals surface area contributed by atoms with Gasteiger partial charge in [0.05, 0.1) is 0 Å². The van der Waals surface area contributed by atoms with Crippen LogP contribution in [0.5, 0.6) is 0 Å². The van der Waals surface area contributed by atoms with E-state index in [1.54, 1.807) is 4.90 Å². The van der Waals surface area contributed by atoms with Crippen LogP contribution in [0, 0.1) is 5.92 Å². The van der Waals surface area contributed by atoms with Crippen molar-refractivity contribution in [1.82, 2.24) is 15.1 Å². The Morgan fingerprint density at radius 3 is 2.72 bits per heavy atom. The van der Waals surface area contributed by atoms with Gasteiger partial charge in [0, 0.05) is 19.2 Å². The van der Waals surface area contributed by atoms with Gasteiger partial charge >= 0.3 is 12.0 Å². The Labute approximate surface area is 104 Å². The Morgan fingerprint density at radius 2 is 2.17 bits per heavy atom. The molecule has 2 rings (SSSR count). The molecule has 0 bridgehead atoms. The molecule has 1 fully saturated rings. The molecular weight excluding hydrogens is 236 g/mol. The molecule has 98 valence electrons. The van der Waals surface area contributed by atoms with E-state index in [0.717, 1.165) is 25.9 Å². The topological polar surface area (TPSA) is 98.3 Å². The zero-order valence-corrected chi connectivity index (χ0v) is 10.1. The van der Waals surface area contributed by atoms with Crippen molar-refractivity contribution in [2.24, 2.45) is 5.92 Å². The number of piperidine rings is 1. The van der Waals surface area contributed by atoms with E-state index in [4.69, 9.17) is 5.11 Å². The van der Waals surface area contributed by atoms with Crippen LogP contribution in [0.25, 0.3) is 0 Å². The number of amides is 2. The van der Waals surface area contributed by atoms with E-state index in [-0.39, 0.29) is 17.5 Å². The maximum Gasteiger partial charge on any atom is 0.353 e. The lowest BCUT2D eigenvalue weighted by Gasteiger charge is -2.29. The fraction of sp³-hybridized carbons (Fsp3) is 0.545. The number of carboxylic acids is 1. The second-order valence-electron chi connectivity index (χ2n) is 4.57. The first-order chi connectivity index (χ1) is 8.56. The minimum atomic E-state index is -1.10. The van der Waals surface area contributed by atoms with Crippen molar-refractivity contribution in [2.45, 2.75) is 19.8 Å². The minimum absolute atomic E-state index is 0.0439. The number of carboxylic acid groups (broad SMARTS) is 1. The normalized spacial score (nSPS) is 16.6. The molecule has 0 atom stereocenters. The number of nitrogens with one attached hydrogen (secondary N) is 2. The van der Waals surface area contributed by atoms with Gasteiger partial charge in [-0.15, -0.1) is 0 Å². The first-order valence-electron chi connectivity index (χ1n) is 5.91. The van der Waals surface area contributed by atoms with E-state index in [1.807, 2.05) is 0 Å². The van der Waals surface area contributed by atoms with Gasteiger partial charge in [-0.3, -0.25) is 10.4 Å². The van der Waals surface area contributed by atoms with E-state index in [9.17, 15) is 9.59 Å². The number of aromatic nitrogens is 2. The fourth-order valence-corrected chi connectivity index (χ4v) is 1.90. The van der Waals surface area contributed by atoms with Crippen molar-refractivity contribution in [3.8, 4) is 0 Å². The lowest BCUT2D eigenvalue weighted by atomic mass is 10.00. The minimum Gasteiger partial charge on any atom is -0.477 e. The number of hydrogen-bond acceptors (Lipinski definition) is 3. The van der Waals surface area contributed by atoms with Gasteiger partial charge in [-0.1, -0.05) is 6.92 Å². The van der Waals surface area contributed by atoms with Crippen molar-refractivity contribution in [2.75, 3.05) is 18.4 Å². The Bertz CT molecular complexity index is 449. The lowest BCUT2D eigenvalue weighted by Crippen LogP contribution is -2.40. The third-order valence-corrected chi connectivity index (χ3v) is 3.11. The zero-order chi connectivity index (χ0) is 13.1. The molecule has 0 aromatic carbocycles. The molecule has 0 unspecified atom stereocenters. The smallest absolute Gasteiger partial charge is 0.353 e. The summed E-state index contributed by atoms with van der Waals surface area (Å²) in [7, 11) is 0. The molecule has 18 heavy (non-hydrogen) atoms. The summed E-state index contributed by atoms with van der Waals surface area (Å²) in [6, 6.07) is 1.07. The highest BCUT2D eigenvalue weighted by atomic mass is 16.4. The second-order valence-corrected chi connectivity index (χ2v) is 4.57. The molecule has 1 saturated heterocycles. The highest BCUT2D eigenvalue weighted by Gasteiger charge is 2.21. The summed E-state index contributed by atoms with van der Waals surface area (Å²) in [5.74, 6) is -0.219. The molecule has 0 saturated carbocycles. The summed E-state index contributed by atoms with van der Waals surface area (Å²) in [5, 5.41) is 17.4. The molecule has 0 aliphatic carbocycles. The van der Waals surface area contributed by atoms with Gasteiger partial charge in [-0.2, -0.15) is 5.10 Å². The van der Waals surface area contributed by atoms with Crippen LogP contribution < -0.4 is 5.32 Å². The molecule has 7 heteroatoms. The number of rotatable bonds is 2. The Kier molecular flexibility index (Phi) is 3.50. The van der Waals surface area contributed by atoms with E-state index in [2.05, 4.69) is 22.4 Å². The average Bonchev–Trinajstić information content (AvgIpc) is 2.78. The third-order valence-electron chi connectivity index (χ3n) is 3.11. The van der Waals surface area contributed by atoms with Gasteiger partial charge < -0.3 is 10.0 Å². The summed E-state index contributed by atoms with van der Waals surface area (Å²) >= 11 is 0. The number of aromatic carboxylic acids is 1. The van der Waals surface area contributed by atoms with Crippen molar-refractivity contribution in [1.29, 1.82) is 0 Å².